The maximum atomic E-state index is 11.6. The maximum absolute atomic E-state index is 11.6. The highest BCUT2D eigenvalue weighted by Crippen LogP contribution is 2.16. The van der Waals surface area contributed by atoms with Crippen LogP contribution in [0.15, 0.2) is 54.6 Å². The molecule has 0 aliphatic carbocycles. The van der Waals surface area contributed by atoms with Crippen molar-refractivity contribution in [3.8, 4) is 0 Å². The van der Waals surface area contributed by atoms with E-state index in [2.05, 4.69) is 35.4 Å². The minimum Gasteiger partial charge on any atom is -0.351 e. The molecule has 0 bridgehead atoms. The highest BCUT2D eigenvalue weighted by Gasteiger charge is 2.07. The van der Waals surface area contributed by atoms with E-state index in [1.807, 2.05) is 50.2 Å². The molecule has 0 unspecified atom stereocenters. The van der Waals surface area contributed by atoms with Gasteiger partial charge in [0.25, 0.3) is 5.91 Å². The Morgan fingerprint density at radius 2 is 1.73 bits per heavy atom. The van der Waals surface area contributed by atoms with Crippen molar-refractivity contribution in [1.82, 2.24) is 10.3 Å². The third-order valence-corrected chi connectivity index (χ3v) is 3.30. The van der Waals surface area contributed by atoms with Crippen LogP contribution in [-0.4, -0.2) is 17.4 Å². The van der Waals surface area contributed by atoms with E-state index in [0.29, 0.717) is 12.2 Å². The van der Waals surface area contributed by atoms with Crippen molar-refractivity contribution >= 4 is 16.8 Å². The predicted octanol–water partition coefficient (Wildman–Crippen LogP) is 4.22. The van der Waals surface area contributed by atoms with E-state index in [1.165, 1.54) is 11.1 Å². The number of aromatic nitrogens is 1. The molecule has 0 aliphatic rings. The summed E-state index contributed by atoms with van der Waals surface area (Å²) in [4.78, 5) is 14.7. The molecule has 2 N–H and O–H groups in total. The summed E-state index contributed by atoms with van der Waals surface area (Å²) < 4.78 is 0. The van der Waals surface area contributed by atoms with Crippen LogP contribution in [0.1, 0.15) is 28.5 Å². The zero-order valence-electron chi connectivity index (χ0n) is 13.3. The molecule has 3 heteroatoms. The first-order valence-corrected chi connectivity index (χ1v) is 7.49. The molecular weight excluding hydrogens is 272 g/mol. The number of carbonyl (C=O) groups excluding carboxylic acids is 1. The van der Waals surface area contributed by atoms with Gasteiger partial charge in [0.2, 0.25) is 0 Å². The first kappa shape index (κ1) is 15.8. The van der Waals surface area contributed by atoms with Gasteiger partial charge in [-0.3, -0.25) is 4.79 Å². The molecule has 0 saturated heterocycles. The first-order chi connectivity index (χ1) is 10.6. The van der Waals surface area contributed by atoms with Crippen molar-refractivity contribution in [3.05, 3.63) is 71.4 Å². The summed E-state index contributed by atoms with van der Waals surface area (Å²) in [6.45, 7) is 6.68. The number of fused-ring (bicyclic) bond motifs is 1. The van der Waals surface area contributed by atoms with Gasteiger partial charge in [-0.1, -0.05) is 47.5 Å². The molecule has 1 amide bonds. The van der Waals surface area contributed by atoms with Crippen molar-refractivity contribution < 1.29 is 4.79 Å². The van der Waals surface area contributed by atoms with Gasteiger partial charge >= 0.3 is 0 Å². The molecule has 22 heavy (non-hydrogen) atoms. The summed E-state index contributed by atoms with van der Waals surface area (Å²) in [5, 5.41) is 3.85. The quantitative estimate of drug-likeness (QED) is 0.730. The van der Waals surface area contributed by atoms with Crippen LogP contribution in [0.4, 0.5) is 0 Å². The van der Waals surface area contributed by atoms with Crippen LogP contribution in [0, 0.1) is 13.8 Å². The topological polar surface area (TPSA) is 44.9 Å². The third-order valence-electron chi connectivity index (χ3n) is 3.30. The van der Waals surface area contributed by atoms with Crippen LogP contribution in [0.2, 0.25) is 0 Å². The molecule has 0 atom stereocenters. The Labute approximate surface area is 131 Å². The van der Waals surface area contributed by atoms with Gasteiger partial charge < -0.3 is 10.3 Å². The number of hydrogen-bond donors (Lipinski definition) is 2. The number of benzene rings is 2. The fourth-order valence-corrected chi connectivity index (χ4v) is 2.16. The van der Waals surface area contributed by atoms with Crippen LogP contribution >= 0.6 is 0 Å². The smallest absolute Gasteiger partial charge is 0.267 e. The van der Waals surface area contributed by atoms with Crippen LogP contribution in [0.3, 0.4) is 0 Å². The molecule has 1 aromatic heterocycles. The average Bonchev–Trinajstić information content (AvgIpc) is 2.92. The number of nitrogens with one attached hydrogen (secondary N) is 2. The Hall–Kier alpha value is -2.55. The van der Waals surface area contributed by atoms with Gasteiger partial charge in [0.1, 0.15) is 5.69 Å². The van der Waals surface area contributed by atoms with Gasteiger partial charge in [-0.2, -0.15) is 0 Å². The fraction of sp³-hybridized carbons (Fsp3) is 0.211. The molecule has 0 saturated carbocycles. The van der Waals surface area contributed by atoms with Gasteiger partial charge in [-0.25, -0.2) is 0 Å². The molecule has 114 valence electrons. The zero-order chi connectivity index (χ0) is 15.9. The lowest BCUT2D eigenvalue weighted by atomic mass is 10.2. The largest absolute Gasteiger partial charge is 0.351 e. The Morgan fingerprint density at radius 3 is 2.32 bits per heavy atom. The number of carbonyl (C=O) groups is 1. The van der Waals surface area contributed by atoms with Gasteiger partial charge in [-0.05, 0) is 39.0 Å². The molecular formula is C19H22N2O. The van der Waals surface area contributed by atoms with Crippen molar-refractivity contribution in [1.29, 1.82) is 0 Å². The van der Waals surface area contributed by atoms with E-state index in [0.717, 1.165) is 10.9 Å². The Balaban J connectivity index is 0.000000211. The number of amides is 1. The van der Waals surface area contributed by atoms with Crippen molar-refractivity contribution in [2.75, 3.05) is 6.54 Å². The molecule has 0 radical (unpaired) electrons. The standard InChI is InChI=1S/C12H14N2O.C7H8/c1-3-13-12(15)11-7-9-6-8(2)4-5-10(9)14-11;1-7-5-3-2-4-6-7/h4-7,14H,3H2,1-2H3,(H,13,15);2-6H,1H3. The van der Waals surface area contributed by atoms with Gasteiger partial charge in [-0.15, -0.1) is 0 Å². The van der Waals surface area contributed by atoms with E-state index >= 15 is 0 Å². The molecule has 3 nitrogen and oxygen atoms in total. The summed E-state index contributed by atoms with van der Waals surface area (Å²) >= 11 is 0. The van der Waals surface area contributed by atoms with E-state index in [1.54, 1.807) is 0 Å². The lowest BCUT2D eigenvalue weighted by molar-refractivity contribution is 0.0951. The Morgan fingerprint density at radius 1 is 1.00 bits per heavy atom. The SMILES string of the molecule is CCNC(=O)c1cc2cc(C)ccc2[nH]1.Cc1ccccc1. The number of hydrogen-bond acceptors (Lipinski definition) is 1. The van der Waals surface area contributed by atoms with Crippen LogP contribution in [-0.2, 0) is 0 Å². The molecule has 3 aromatic rings. The first-order valence-electron chi connectivity index (χ1n) is 7.49. The minimum absolute atomic E-state index is 0.0497. The average molecular weight is 294 g/mol. The number of aryl methyl sites for hydroxylation is 2. The maximum Gasteiger partial charge on any atom is 0.267 e. The van der Waals surface area contributed by atoms with E-state index in [4.69, 9.17) is 0 Å². The lowest BCUT2D eigenvalue weighted by Crippen LogP contribution is -2.22. The van der Waals surface area contributed by atoms with Crippen molar-refractivity contribution in [3.63, 3.8) is 0 Å². The van der Waals surface area contributed by atoms with Crippen LogP contribution in [0.5, 0.6) is 0 Å². The fourth-order valence-electron chi connectivity index (χ4n) is 2.16. The third kappa shape index (κ3) is 4.22. The predicted molar refractivity (Wildman–Crippen MR) is 92.2 cm³/mol. The monoisotopic (exact) mass is 294 g/mol. The minimum atomic E-state index is -0.0497. The molecule has 1 heterocycles. The second-order valence-corrected chi connectivity index (χ2v) is 5.29. The molecule has 0 aliphatic heterocycles. The number of H-pyrrole nitrogens is 1. The molecule has 3 rings (SSSR count). The Kier molecular flexibility index (Phi) is 5.37. The highest BCUT2D eigenvalue weighted by molar-refractivity contribution is 5.98. The van der Waals surface area contributed by atoms with Crippen LogP contribution < -0.4 is 5.32 Å². The molecule has 2 aromatic carbocycles. The van der Waals surface area contributed by atoms with Crippen molar-refractivity contribution in [2.24, 2.45) is 0 Å². The van der Waals surface area contributed by atoms with Crippen molar-refractivity contribution in [2.45, 2.75) is 20.8 Å². The molecule has 0 fully saturated rings. The number of aromatic amines is 1. The summed E-state index contributed by atoms with van der Waals surface area (Å²) in [5.41, 5.74) is 4.14. The van der Waals surface area contributed by atoms with Gasteiger partial charge in [0.15, 0.2) is 0 Å². The van der Waals surface area contributed by atoms with E-state index in [9.17, 15) is 4.79 Å². The molecule has 0 spiro atoms. The normalized spacial score (nSPS) is 9.95. The highest BCUT2D eigenvalue weighted by atomic mass is 16.1. The van der Waals surface area contributed by atoms with Gasteiger partial charge in [0.05, 0.1) is 0 Å². The summed E-state index contributed by atoms with van der Waals surface area (Å²) in [5.74, 6) is -0.0497. The van der Waals surface area contributed by atoms with Crippen LogP contribution in [0.25, 0.3) is 10.9 Å². The second-order valence-electron chi connectivity index (χ2n) is 5.29. The lowest BCUT2D eigenvalue weighted by Gasteiger charge is -1.96. The second kappa shape index (κ2) is 7.46. The Bertz CT molecular complexity index is 744. The van der Waals surface area contributed by atoms with E-state index < -0.39 is 0 Å². The number of rotatable bonds is 2. The van der Waals surface area contributed by atoms with E-state index in [-0.39, 0.29) is 5.91 Å². The summed E-state index contributed by atoms with van der Waals surface area (Å²) in [7, 11) is 0. The summed E-state index contributed by atoms with van der Waals surface area (Å²) in [6, 6.07) is 18.2. The van der Waals surface area contributed by atoms with Gasteiger partial charge in [0, 0.05) is 17.4 Å². The zero-order valence-corrected chi connectivity index (χ0v) is 13.3. The summed E-state index contributed by atoms with van der Waals surface area (Å²) in [6.07, 6.45) is 0.